The standard InChI is InChI=1S/C25H35FN2O2S/c1-5-7-15-25(16-8-6-2)18-28(21-11-9-20(26)10-12-21)23-17-22(27(3)4)13-14-24(23)31(29,30)19-25/h9-14,17H,5-8,15-16,18-19H2,1-4H3. The highest BCUT2D eigenvalue weighted by Gasteiger charge is 2.42. The van der Waals surface area contributed by atoms with Gasteiger partial charge in [0.2, 0.25) is 0 Å². The molecule has 31 heavy (non-hydrogen) atoms. The Balaban J connectivity index is 2.22. The second-order valence-electron chi connectivity index (χ2n) is 9.08. The van der Waals surface area contributed by atoms with Crippen LogP contribution < -0.4 is 9.80 Å². The molecule has 0 aromatic heterocycles. The first kappa shape index (κ1) is 23.6. The van der Waals surface area contributed by atoms with Crippen LogP contribution in [0.2, 0.25) is 0 Å². The maximum Gasteiger partial charge on any atom is 0.181 e. The number of hydrogen-bond donors (Lipinski definition) is 0. The van der Waals surface area contributed by atoms with Gasteiger partial charge in [0.25, 0.3) is 0 Å². The highest BCUT2D eigenvalue weighted by Crippen LogP contribution is 2.45. The molecule has 2 aromatic rings. The molecule has 1 heterocycles. The minimum atomic E-state index is -3.47. The average Bonchev–Trinajstić information content (AvgIpc) is 2.83. The summed E-state index contributed by atoms with van der Waals surface area (Å²) in [5.41, 5.74) is 2.12. The van der Waals surface area contributed by atoms with Crippen LogP contribution >= 0.6 is 0 Å². The van der Waals surface area contributed by atoms with Gasteiger partial charge in [0.05, 0.1) is 16.3 Å². The van der Waals surface area contributed by atoms with Gasteiger partial charge in [0.1, 0.15) is 5.82 Å². The van der Waals surface area contributed by atoms with Gasteiger partial charge in [-0.05, 0) is 55.3 Å². The third-order valence-corrected chi connectivity index (χ3v) is 8.34. The lowest BCUT2D eigenvalue weighted by molar-refractivity contribution is 0.270. The van der Waals surface area contributed by atoms with E-state index in [1.165, 1.54) is 12.1 Å². The van der Waals surface area contributed by atoms with Crippen LogP contribution in [0.4, 0.5) is 21.5 Å². The average molecular weight is 447 g/mol. The van der Waals surface area contributed by atoms with Crippen LogP contribution in [0.5, 0.6) is 0 Å². The van der Waals surface area contributed by atoms with Crippen LogP contribution in [0.15, 0.2) is 47.4 Å². The Morgan fingerprint density at radius 1 is 1.00 bits per heavy atom. The SMILES string of the molecule is CCCCC1(CCCC)CN(c2ccc(F)cc2)c2cc(N(C)C)ccc2S(=O)(=O)C1. The van der Waals surface area contributed by atoms with E-state index in [1.807, 2.05) is 31.1 Å². The zero-order valence-corrected chi connectivity index (χ0v) is 20.0. The van der Waals surface area contributed by atoms with Gasteiger partial charge in [0, 0.05) is 37.4 Å². The van der Waals surface area contributed by atoms with Gasteiger partial charge in [-0.1, -0.05) is 39.5 Å². The maximum atomic E-state index is 13.7. The first-order valence-corrected chi connectivity index (χ1v) is 12.9. The molecule has 0 bridgehead atoms. The molecule has 0 aliphatic carbocycles. The van der Waals surface area contributed by atoms with E-state index in [0.717, 1.165) is 49.9 Å². The molecule has 0 fully saturated rings. The van der Waals surface area contributed by atoms with Crippen molar-refractivity contribution < 1.29 is 12.8 Å². The molecule has 2 aromatic carbocycles. The van der Waals surface area contributed by atoms with Crippen molar-refractivity contribution in [3.05, 3.63) is 48.3 Å². The molecule has 0 N–H and O–H groups in total. The van der Waals surface area contributed by atoms with Crippen LogP contribution in [0.25, 0.3) is 0 Å². The monoisotopic (exact) mass is 446 g/mol. The lowest BCUT2D eigenvalue weighted by atomic mass is 9.79. The Hall–Kier alpha value is -2.08. The fourth-order valence-corrected chi connectivity index (χ4v) is 6.69. The minimum Gasteiger partial charge on any atom is -0.378 e. The minimum absolute atomic E-state index is 0.159. The summed E-state index contributed by atoms with van der Waals surface area (Å²) in [6.07, 6.45) is 5.79. The van der Waals surface area contributed by atoms with Crippen molar-refractivity contribution in [2.45, 2.75) is 57.3 Å². The van der Waals surface area contributed by atoms with Crippen molar-refractivity contribution >= 4 is 26.9 Å². The zero-order chi connectivity index (χ0) is 22.6. The molecule has 0 unspecified atom stereocenters. The van der Waals surface area contributed by atoms with Gasteiger partial charge in [0.15, 0.2) is 9.84 Å². The van der Waals surface area contributed by atoms with Gasteiger partial charge in [-0.2, -0.15) is 0 Å². The highest BCUT2D eigenvalue weighted by molar-refractivity contribution is 7.91. The Morgan fingerprint density at radius 2 is 1.61 bits per heavy atom. The largest absolute Gasteiger partial charge is 0.378 e. The molecule has 1 aliphatic heterocycles. The number of benzene rings is 2. The summed E-state index contributed by atoms with van der Waals surface area (Å²) in [6, 6.07) is 12.0. The molecule has 0 atom stereocenters. The van der Waals surface area contributed by atoms with Gasteiger partial charge < -0.3 is 9.80 Å². The van der Waals surface area contributed by atoms with Crippen molar-refractivity contribution in [1.29, 1.82) is 0 Å². The second-order valence-corrected chi connectivity index (χ2v) is 11.0. The molecule has 0 saturated heterocycles. The van der Waals surface area contributed by atoms with Crippen molar-refractivity contribution in [3.8, 4) is 0 Å². The Bertz CT molecular complexity index is 979. The first-order chi connectivity index (χ1) is 14.7. The predicted octanol–water partition coefficient (Wildman–Crippen LogP) is 6.18. The van der Waals surface area contributed by atoms with Gasteiger partial charge >= 0.3 is 0 Å². The molecule has 0 spiro atoms. The van der Waals surface area contributed by atoms with Crippen molar-refractivity contribution in [1.82, 2.24) is 0 Å². The van der Waals surface area contributed by atoms with Gasteiger partial charge in [-0.15, -0.1) is 0 Å². The molecule has 170 valence electrons. The van der Waals surface area contributed by atoms with Crippen LogP contribution in [0.3, 0.4) is 0 Å². The van der Waals surface area contributed by atoms with E-state index in [-0.39, 0.29) is 17.0 Å². The fourth-order valence-electron chi connectivity index (χ4n) is 4.59. The van der Waals surface area contributed by atoms with Crippen molar-refractivity contribution in [2.24, 2.45) is 5.41 Å². The summed E-state index contributed by atoms with van der Waals surface area (Å²) in [7, 11) is 0.420. The molecule has 0 amide bonds. The second kappa shape index (κ2) is 9.60. The molecule has 4 nitrogen and oxygen atoms in total. The van der Waals surface area contributed by atoms with Gasteiger partial charge in [-0.25, -0.2) is 12.8 Å². The molecule has 6 heteroatoms. The van der Waals surface area contributed by atoms with Crippen LogP contribution in [0, 0.1) is 11.2 Å². The Kier molecular flexibility index (Phi) is 7.30. The van der Waals surface area contributed by atoms with E-state index in [2.05, 4.69) is 18.7 Å². The van der Waals surface area contributed by atoms with E-state index in [0.29, 0.717) is 17.1 Å². The molecule has 3 rings (SSSR count). The first-order valence-electron chi connectivity index (χ1n) is 11.3. The van der Waals surface area contributed by atoms with Crippen LogP contribution in [-0.4, -0.2) is 34.8 Å². The highest BCUT2D eigenvalue weighted by atomic mass is 32.2. The zero-order valence-electron chi connectivity index (χ0n) is 19.2. The van der Waals surface area contributed by atoms with Crippen LogP contribution in [-0.2, 0) is 9.84 Å². The number of unbranched alkanes of at least 4 members (excludes halogenated alkanes) is 2. The summed E-state index contributed by atoms with van der Waals surface area (Å²) in [6.45, 7) is 4.91. The summed E-state index contributed by atoms with van der Waals surface area (Å²) < 4.78 is 41.0. The van der Waals surface area contributed by atoms with Crippen molar-refractivity contribution in [3.63, 3.8) is 0 Å². The summed E-state index contributed by atoms with van der Waals surface area (Å²) in [5.74, 6) is -0.136. The van der Waals surface area contributed by atoms with E-state index in [4.69, 9.17) is 0 Å². The topological polar surface area (TPSA) is 40.6 Å². The fraction of sp³-hybridized carbons (Fsp3) is 0.520. The third kappa shape index (κ3) is 5.22. The molecular weight excluding hydrogens is 411 g/mol. The number of anilines is 3. The Morgan fingerprint density at radius 3 is 2.16 bits per heavy atom. The molecular formula is C25H35FN2O2S. The predicted molar refractivity (Wildman–Crippen MR) is 128 cm³/mol. The molecule has 0 saturated carbocycles. The lowest BCUT2D eigenvalue weighted by Crippen LogP contribution is -2.38. The van der Waals surface area contributed by atoms with Crippen LogP contribution in [0.1, 0.15) is 52.4 Å². The quantitative estimate of drug-likeness (QED) is 0.485. The summed E-state index contributed by atoms with van der Waals surface area (Å²) in [5, 5.41) is 0. The smallest absolute Gasteiger partial charge is 0.181 e. The summed E-state index contributed by atoms with van der Waals surface area (Å²) in [4.78, 5) is 4.46. The molecule has 0 radical (unpaired) electrons. The number of sulfone groups is 1. The van der Waals surface area contributed by atoms with E-state index in [1.54, 1.807) is 18.2 Å². The summed E-state index contributed by atoms with van der Waals surface area (Å²) >= 11 is 0. The number of fused-ring (bicyclic) bond motifs is 1. The maximum absolute atomic E-state index is 13.7. The molecule has 1 aliphatic rings. The number of hydrogen-bond acceptors (Lipinski definition) is 4. The number of halogens is 1. The normalized spacial score (nSPS) is 17.1. The van der Waals surface area contributed by atoms with E-state index >= 15 is 0 Å². The number of rotatable bonds is 8. The Labute approximate surface area is 187 Å². The number of nitrogens with zero attached hydrogens (tertiary/aromatic N) is 2. The van der Waals surface area contributed by atoms with Gasteiger partial charge in [-0.3, -0.25) is 0 Å². The van der Waals surface area contributed by atoms with E-state index in [9.17, 15) is 12.8 Å². The lowest BCUT2D eigenvalue weighted by Gasteiger charge is -2.37. The third-order valence-electron chi connectivity index (χ3n) is 6.33. The van der Waals surface area contributed by atoms with E-state index < -0.39 is 9.84 Å². The van der Waals surface area contributed by atoms with Crippen molar-refractivity contribution in [2.75, 3.05) is 36.2 Å².